The molecule has 1 aromatic carbocycles. The van der Waals surface area contributed by atoms with Crippen LogP contribution in [0.3, 0.4) is 0 Å². The zero-order valence-corrected chi connectivity index (χ0v) is 13.8. The van der Waals surface area contributed by atoms with Crippen LogP contribution in [-0.4, -0.2) is 36.9 Å². The number of halogens is 3. The van der Waals surface area contributed by atoms with E-state index in [1.165, 1.54) is 37.8 Å². The van der Waals surface area contributed by atoms with Crippen molar-refractivity contribution in [3.63, 3.8) is 0 Å². The van der Waals surface area contributed by atoms with Gasteiger partial charge in [0.05, 0.1) is 11.0 Å². The Balaban J connectivity index is 3.02. The Bertz CT molecular complexity index is 595. The fraction of sp³-hybridized carbons (Fsp3) is 0.500. The van der Waals surface area contributed by atoms with Crippen molar-refractivity contribution in [1.29, 1.82) is 0 Å². The molecule has 0 unspecified atom stereocenters. The van der Waals surface area contributed by atoms with Crippen molar-refractivity contribution in [1.82, 2.24) is 10.2 Å². The molecule has 2 amide bonds. The third-order valence-corrected chi connectivity index (χ3v) is 3.64. The minimum absolute atomic E-state index is 0.231. The van der Waals surface area contributed by atoms with Gasteiger partial charge >= 0.3 is 6.18 Å². The number of rotatable bonds is 4. The highest BCUT2D eigenvalue weighted by molar-refractivity contribution is 5.92. The zero-order valence-electron chi connectivity index (χ0n) is 13.8. The van der Waals surface area contributed by atoms with Crippen LogP contribution in [0.25, 0.3) is 0 Å². The second-order valence-electron chi connectivity index (χ2n) is 6.13. The number of amides is 2. The van der Waals surface area contributed by atoms with Crippen LogP contribution in [0.4, 0.5) is 13.2 Å². The lowest BCUT2D eigenvalue weighted by atomic mass is 9.82. The summed E-state index contributed by atoms with van der Waals surface area (Å²) in [6.45, 7) is 4.57. The normalized spacial score (nSPS) is 13.4. The van der Waals surface area contributed by atoms with Crippen molar-refractivity contribution in [3.8, 4) is 0 Å². The number of likely N-dealkylation sites (N-methyl/N-ethyl adjacent to an activating group) is 1. The highest BCUT2D eigenvalue weighted by atomic mass is 19.4. The Morgan fingerprint density at radius 1 is 1.13 bits per heavy atom. The third kappa shape index (κ3) is 4.46. The fourth-order valence-corrected chi connectivity index (χ4v) is 2.04. The van der Waals surface area contributed by atoms with Crippen molar-refractivity contribution < 1.29 is 22.8 Å². The molecular weight excluding hydrogens is 309 g/mol. The summed E-state index contributed by atoms with van der Waals surface area (Å²) < 4.78 is 38.4. The predicted octanol–water partition coefficient (Wildman–Crippen LogP) is 2.58. The van der Waals surface area contributed by atoms with Crippen LogP contribution in [0, 0.1) is 0 Å². The first-order valence-corrected chi connectivity index (χ1v) is 7.07. The summed E-state index contributed by atoms with van der Waals surface area (Å²) in [7, 11) is 3.12. The number of hydrogen-bond acceptors (Lipinski definition) is 2. The molecule has 7 heteroatoms. The van der Waals surface area contributed by atoms with Crippen molar-refractivity contribution in [2.75, 3.05) is 14.1 Å². The van der Waals surface area contributed by atoms with Crippen LogP contribution in [0.1, 0.15) is 31.9 Å². The summed E-state index contributed by atoms with van der Waals surface area (Å²) in [5, 5.41) is 2.55. The number of alkyl halides is 3. The van der Waals surface area contributed by atoms with Gasteiger partial charge in [0, 0.05) is 14.1 Å². The highest BCUT2D eigenvalue weighted by Crippen LogP contribution is 2.32. The molecule has 0 aliphatic carbocycles. The van der Waals surface area contributed by atoms with E-state index in [1.807, 2.05) is 0 Å². The summed E-state index contributed by atoms with van der Waals surface area (Å²) in [6, 6.07) is 3.88. The van der Waals surface area contributed by atoms with Crippen molar-refractivity contribution in [2.45, 2.75) is 38.4 Å². The van der Waals surface area contributed by atoms with Gasteiger partial charge in [-0.3, -0.25) is 9.59 Å². The van der Waals surface area contributed by atoms with Crippen molar-refractivity contribution in [2.24, 2.45) is 0 Å². The molecule has 1 aromatic rings. The van der Waals surface area contributed by atoms with Crippen LogP contribution in [0.15, 0.2) is 24.3 Å². The van der Waals surface area contributed by atoms with E-state index in [-0.39, 0.29) is 11.5 Å². The second kappa shape index (κ2) is 6.60. The zero-order chi connectivity index (χ0) is 18.0. The molecule has 1 N–H and O–H groups in total. The van der Waals surface area contributed by atoms with Gasteiger partial charge in [-0.05, 0) is 32.4 Å². The van der Waals surface area contributed by atoms with Gasteiger partial charge in [-0.2, -0.15) is 13.2 Å². The number of nitrogens with zero attached hydrogens (tertiary/aromatic N) is 1. The van der Waals surface area contributed by atoms with E-state index in [2.05, 4.69) is 5.32 Å². The standard InChI is InChI=1S/C16H21F3N2O2/c1-10(13(22)21(4)5)20-14(23)15(2,3)11-7-6-8-12(9-11)16(17,18)19/h6-10H,1-5H3,(H,20,23)/t10-/m1/s1. The number of nitrogens with one attached hydrogen (secondary N) is 1. The quantitative estimate of drug-likeness (QED) is 0.922. The molecule has 0 aliphatic rings. The maximum atomic E-state index is 12.8. The van der Waals surface area contributed by atoms with Gasteiger partial charge in [-0.1, -0.05) is 18.2 Å². The Morgan fingerprint density at radius 2 is 1.65 bits per heavy atom. The largest absolute Gasteiger partial charge is 0.416 e. The first kappa shape index (κ1) is 19.0. The molecule has 0 bridgehead atoms. The monoisotopic (exact) mass is 330 g/mol. The molecule has 0 saturated carbocycles. The first-order chi connectivity index (χ1) is 10.4. The smallest absolute Gasteiger partial charge is 0.347 e. The Labute approximate surface area is 133 Å². The van der Waals surface area contributed by atoms with Gasteiger partial charge in [-0.15, -0.1) is 0 Å². The summed E-state index contributed by atoms with van der Waals surface area (Å²) in [4.78, 5) is 25.5. The SMILES string of the molecule is C[C@@H](NC(=O)C(C)(C)c1cccc(C(F)(F)F)c1)C(=O)N(C)C. The number of hydrogen-bond donors (Lipinski definition) is 1. The molecule has 0 fully saturated rings. The van der Waals surface area contributed by atoms with E-state index >= 15 is 0 Å². The Morgan fingerprint density at radius 3 is 2.13 bits per heavy atom. The van der Waals surface area contributed by atoms with Gasteiger partial charge < -0.3 is 10.2 Å². The molecule has 0 heterocycles. The number of carbonyl (C=O) groups is 2. The molecule has 128 valence electrons. The molecule has 1 rings (SSSR count). The van der Waals surface area contributed by atoms with Crippen LogP contribution < -0.4 is 5.32 Å². The summed E-state index contributed by atoms with van der Waals surface area (Å²) >= 11 is 0. The van der Waals surface area contributed by atoms with Gasteiger partial charge in [0.1, 0.15) is 6.04 Å². The molecule has 0 saturated heterocycles. The Kier molecular flexibility index (Phi) is 5.45. The van der Waals surface area contributed by atoms with E-state index in [9.17, 15) is 22.8 Å². The van der Waals surface area contributed by atoms with Crippen LogP contribution in [0.5, 0.6) is 0 Å². The molecule has 0 aromatic heterocycles. The van der Waals surface area contributed by atoms with E-state index in [0.717, 1.165) is 12.1 Å². The van der Waals surface area contributed by atoms with Gasteiger partial charge in [-0.25, -0.2) is 0 Å². The van der Waals surface area contributed by atoms with Gasteiger partial charge in [0.25, 0.3) is 0 Å². The van der Waals surface area contributed by atoms with E-state index in [0.29, 0.717) is 0 Å². The van der Waals surface area contributed by atoms with Gasteiger partial charge in [0.15, 0.2) is 0 Å². The second-order valence-corrected chi connectivity index (χ2v) is 6.13. The molecule has 0 radical (unpaired) electrons. The molecule has 0 spiro atoms. The topological polar surface area (TPSA) is 49.4 Å². The molecule has 4 nitrogen and oxygen atoms in total. The van der Waals surface area contributed by atoms with Crippen LogP contribution in [-0.2, 0) is 21.2 Å². The Hall–Kier alpha value is -2.05. The minimum atomic E-state index is -4.48. The lowest BCUT2D eigenvalue weighted by Crippen LogP contribution is -2.49. The molecule has 1 atom stereocenters. The first-order valence-electron chi connectivity index (χ1n) is 7.07. The highest BCUT2D eigenvalue weighted by Gasteiger charge is 2.35. The average Bonchev–Trinajstić information content (AvgIpc) is 2.45. The predicted molar refractivity (Wildman–Crippen MR) is 80.8 cm³/mol. The van der Waals surface area contributed by atoms with Crippen LogP contribution in [0.2, 0.25) is 0 Å². The summed E-state index contributed by atoms with van der Waals surface area (Å²) in [5.74, 6) is -0.808. The third-order valence-electron chi connectivity index (χ3n) is 3.64. The lowest BCUT2D eigenvalue weighted by Gasteiger charge is -2.27. The number of carbonyl (C=O) groups excluding carboxylic acids is 2. The summed E-state index contributed by atoms with van der Waals surface area (Å²) in [5.41, 5.74) is -1.79. The van der Waals surface area contributed by atoms with E-state index < -0.39 is 29.1 Å². The fourth-order valence-electron chi connectivity index (χ4n) is 2.04. The van der Waals surface area contributed by atoms with Crippen molar-refractivity contribution in [3.05, 3.63) is 35.4 Å². The molecule has 0 aliphatic heterocycles. The lowest BCUT2D eigenvalue weighted by molar-refractivity contribution is -0.138. The van der Waals surface area contributed by atoms with E-state index in [1.54, 1.807) is 14.1 Å². The maximum absolute atomic E-state index is 12.8. The number of benzene rings is 1. The van der Waals surface area contributed by atoms with Crippen molar-refractivity contribution >= 4 is 11.8 Å². The van der Waals surface area contributed by atoms with E-state index in [4.69, 9.17) is 0 Å². The molecular formula is C16H21F3N2O2. The minimum Gasteiger partial charge on any atom is -0.347 e. The van der Waals surface area contributed by atoms with Crippen LogP contribution >= 0.6 is 0 Å². The average molecular weight is 330 g/mol. The van der Waals surface area contributed by atoms with Gasteiger partial charge in [0.2, 0.25) is 11.8 Å². The maximum Gasteiger partial charge on any atom is 0.416 e. The molecule has 23 heavy (non-hydrogen) atoms. The summed E-state index contributed by atoms with van der Waals surface area (Å²) in [6.07, 6.45) is -4.48.